The normalized spacial score (nSPS) is 10.1. The van der Waals surface area contributed by atoms with Gasteiger partial charge in [-0.05, 0) is 24.3 Å². The topological polar surface area (TPSA) is 58.2 Å². The Kier molecular flexibility index (Phi) is 4.77. The third-order valence-corrected chi connectivity index (χ3v) is 2.73. The molecule has 2 amide bonds. The van der Waals surface area contributed by atoms with Crippen LogP contribution in [-0.2, 0) is 4.79 Å². The molecule has 0 saturated heterocycles. The van der Waals surface area contributed by atoms with E-state index in [2.05, 4.69) is 10.6 Å². The SMILES string of the molecule is O=C(CNC(=O)c1ccccc1F)Nc1ccc(F)c(F)c1. The first-order chi connectivity index (χ1) is 10.5. The summed E-state index contributed by atoms with van der Waals surface area (Å²) >= 11 is 0. The van der Waals surface area contributed by atoms with Crippen molar-refractivity contribution in [1.29, 1.82) is 0 Å². The number of nitrogens with one attached hydrogen (secondary N) is 2. The van der Waals surface area contributed by atoms with E-state index in [9.17, 15) is 22.8 Å². The highest BCUT2D eigenvalue weighted by Crippen LogP contribution is 2.12. The van der Waals surface area contributed by atoms with Gasteiger partial charge in [-0.2, -0.15) is 0 Å². The van der Waals surface area contributed by atoms with Crippen molar-refractivity contribution in [1.82, 2.24) is 5.32 Å². The Morgan fingerprint density at radius 2 is 1.64 bits per heavy atom. The van der Waals surface area contributed by atoms with Crippen molar-refractivity contribution in [3.63, 3.8) is 0 Å². The van der Waals surface area contributed by atoms with E-state index in [1.807, 2.05) is 0 Å². The smallest absolute Gasteiger partial charge is 0.254 e. The molecule has 0 fully saturated rings. The molecule has 22 heavy (non-hydrogen) atoms. The Bertz CT molecular complexity index is 720. The van der Waals surface area contributed by atoms with Crippen LogP contribution in [0, 0.1) is 17.5 Å². The number of halogens is 3. The molecule has 0 aliphatic heterocycles. The minimum atomic E-state index is -1.10. The van der Waals surface area contributed by atoms with Crippen molar-refractivity contribution < 1.29 is 22.8 Å². The Hall–Kier alpha value is -2.83. The maximum atomic E-state index is 13.4. The molecular formula is C15H11F3N2O2. The number of carbonyl (C=O) groups is 2. The van der Waals surface area contributed by atoms with Gasteiger partial charge in [0.1, 0.15) is 5.82 Å². The zero-order chi connectivity index (χ0) is 16.1. The van der Waals surface area contributed by atoms with Gasteiger partial charge in [-0.3, -0.25) is 9.59 Å². The third kappa shape index (κ3) is 3.85. The highest BCUT2D eigenvalue weighted by Gasteiger charge is 2.12. The number of carbonyl (C=O) groups excluding carboxylic acids is 2. The first-order valence-corrected chi connectivity index (χ1v) is 6.25. The fourth-order valence-electron chi connectivity index (χ4n) is 1.68. The van der Waals surface area contributed by atoms with Crippen LogP contribution >= 0.6 is 0 Å². The van der Waals surface area contributed by atoms with Gasteiger partial charge in [-0.25, -0.2) is 13.2 Å². The van der Waals surface area contributed by atoms with E-state index in [1.165, 1.54) is 24.3 Å². The molecule has 0 unspecified atom stereocenters. The first kappa shape index (κ1) is 15.6. The van der Waals surface area contributed by atoms with Gasteiger partial charge in [0.15, 0.2) is 11.6 Å². The number of rotatable bonds is 4. The number of amides is 2. The summed E-state index contributed by atoms with van der Waals surface area (Å²) in [6.45, 7) is -0.438. The van der Waals surface area contributed by atoms with Crippen molar-refractivity contribution in [2.75, 3.05) is 11.9 Å². The maximum Gasteiger partial charge on any atom is 0.254 e. The highest BCUT2D eigenvalue weighted by atomic mass is 19.2. The Balaban J connectivity index is 1.91. The Labute approximate surface area is 124 Å². The summed E-state index contributed by atoms with van der Waals surface area (Å²) in [5.41, 5.74) is -0.146. The third-order valence-electron chi connectivity index (χ3n) is 2.73. The number of hydrogen-bond donors (Lipinski definition) is 2. The van der Waals surface area contributed by atoms with Gasteiger partial charge >= 0.3 is 0 Å². The lowest BCUT2D eigenvalue weighted by Gasteiger charge is -2.07. The fourth-order valence-corrected chi connectivity index (χ4v) is 1.68. The molecule has 2 aromatic carbocycles. The molecule has 2 rings (SSSR count). The molecule has 0 aromatic heterocycles. The zero-order valence-corrected chi connectivity index (χ0v) is 11.2. The monoisotopic (exact) mass is 308 g/mol. The molecule has 0 bridgehead atoms. The minimum absolute atomic E-state index is 0.0454. The molecule has 0 aliphatic rings. The van der Waals surface area contributed by atoms with Gasteiger partial charge in [0, 0.05) is 11.8 Å². The number of benzene rings is 2. The summed E-state index contributed by atoms with van der Waals surface area (Å²) in [5.74, 6) is -4.26. The average molecular weight is 308 g/mol. The summed E-state index contributed by atoms with van der Waals surface area (Å²) in [7, 11) is 0. The van der Waals surface area contributed by atoms with E-state index >= 15 is 0 Å². The van der Waals surface area contributed by atoms with Gasteiger partial charge < -0.3 is 10.6 Å². The molecule has 0 spiro atoms. The molecule has 0 radical (unpaired) electrons. The molecule has 114 valence electrons. The summed E-state index contributed by atoms with van der Waals surface area (Å²) in [6, 6.07) is 8.17. The molecule has 0 heterocycles. The van der Waals surface area contributed by atoms with Crippen molar-refractivity contribution >= 4 is 17.5 Å². The molecule has 7 heteroatoms. The second kappa shape index (κ2) is 6.75. The van der Waals surface area contributed by atoms with Crippen LogP contribution in [0.4, 0.5) is 18.9 Å². The van der Waals surface area contributed by atoms with Crippen molar-refractivity contribution in [2.45, 2.75) is 0 Å². The molecular weight excluding hydrogens is 297 g/mol. The maximum absolute atomic E-state index is 13.4. The van der Waals surface area contributed by atoms with E-state index in [1.54, 1.807) is 0 Å². The van der Waals surface area contributed by atoms with Crippen LogP contribution in [0.15, 0.2) is 42.5 Å². The zero-order valence-electron chi connectivity index (χ0n) is 11.2. The standard InChI is InChI=1S/C15H11F3N2O2/c16-11-4-2-1-3-10(11)15(22)19-8-14(21)20-9-5-6-12(17)13(18)7-9/h1-7H,8H2,(H,19,22)(H,20,21). The lowest BCUT2D eigenvalue weighted by molar-refractivity contribution is -0.115. The van der Waals surface area contributed by atoms with Gasteiger partial charge in [0.25, 0.3) is 5.91 Å². The highest BCUT2D eigenvalue weighted by molar-refractivity contribution is 5.99. The summed E-state index contributed by atoms with van der Waals surface area (Å²) in [4.78, 5) is 23.3. The van der Waals surface area contributed by atoms with E-state index in [0.29, 0.717) is 0 Å². The van der Waals surface area contributed by atoms with E-state index in [-0.39, 0.29) is 11.3 Å². The quantitative estimate of drug-likeness (QED) is 0.911. The summed E-state index contributed by atoms with van der Waals surface area (Å²) in [6.07, 6.45) is 0. The lowest BCUT2D eigenvalue weighted by atomic mass is 10.2. The van der Waals surface area contributed by atoms with Crippen LogP contribution in [0.5, 0.6) is 0 Å². The van der Waals surface area contributed by atoms with Crippen LogP contribution in [0.3, 0.4) is 0 Å². The van der Waals surface area contributed by atoms with Crippen LogP contribution in [0.2, 0.25) is 0 Å². The molecule has 2 aromatic rings. The van der Waals surface area contributed by atoms with Gasteiger partial charge in [-0.15, -0.1) is 0 Å². The summed E-state index contributed by atoms with van der Waals surface area (Å²) in [5, 5.41) is 4.50. The Morgan fingerprint density at radius 3 is 2.32 bits per heavy atom. The van der Waals surface area contributed by atoms with E-state index in [0.717, 1.165) is 18.2 Å². The van der Waals surface area contributed by atoms with Crippen molar-refractivity contribution in [3.05, 3.63) is 65.5 Å². The van der Waals surface area contributed by atoms with Crippen LogP contribution in [0.25, 0.3) is 0 Å². The van der Waals surface area contributed by atoms with Gasteiger partial charge in [0.05, 0.1) is 12.1 Å². The van der Waals surface area contributed by atoms with E-state index in [4.69, 9.17) is 0 Å². The molecule has 2 N–H and O–H groups in total. The van der Waals surface area contributed by atoms with Gasteiger partial charge in [-0.1, -0.05) is 12.1 Å². The van der Waals surface area contributed by atoms with Crippen LogP contribution < -0.4 is 10.6 Å². The molecule has 0 aliphatic carbocycles. The van der Waals surface area contributed by atoms with Gasteiger partial charge in [0.2, 0.25) is 5.91 Å². The lowest BCUT2D eigenvalue weighted by Crippen LogP contribution is -2.33. The first-order valence-electron chi connectivity index (χ1n) is 6.25. The average Bonchev–Trinajstić information content (AvgIpc) is 2.49. The number of anilines is 1. The molecule has 0 atom stereocenters. The van der Waals surface area contributed by atoms with Crippen molar-refractivity contribution in [2.24, 2.45) is 0 Å². The Morgan fingerprint density at radius 1 is 0.909 bits per heavy atom. The van der Waals surface area contributed by atoms with E-state index < -0.39 is 35.8 Å². The van der Waals surface area contributed by atoms with Crippen LogP contribution in [-0.4, -0.2) is 18.4 Å². The largest absolute Gasteiger partial charge is 0.343 e. The van der Waals surface area contributed by atoms with Crippen molar-refractivity contribution in [3.8, 4) is 0 Å². The second-order valence-electron chi connectivity index (χ2n) is 4.34. The molecule has 4 nitrogen and oxygen atoms in total. The minimum Gasteiger partial charge on any atom is -0.343 e. The number of hydrogen-bond acceptors (Lipinski definition) is 2. The summed E-state index contributed by atoms with van der Waals surface area (Å²) < 4.78 is 39.1. The van der Waals surface area contributed by atoms with Crippen LogP contribution in [0.1, 0.15) is 10.4 Å². The fraction of sp³-hybridized carbons (Fsp3) is 0.0667. The second-order valence-corrected chi connectivity index (χ2v) is 4.34. The predicted molar refractivity (Wildman–Crippen MR) is 73.7 cm³/mol. The molecule has 0 saturated carbocycles. The predicted octanol–water partition coefficient (Wildman–Crippen LogP) is 2.47.